The number of halogens is 2. The number of aromatic nitrogens is 3. The van der Waals surface area contributed by atoms with Crippen molar-refractivity contribution in [2.75, 3.05) is 25.0 Å². The van der Waals surface area contributed by atoms with Gasteiger partial charge in [-0.3, -0.25) is 0 Å². The van der Waals surface area contributed by atoms with Gasteiger partial charge in [0.25, 0.3) is 0 Å². The molecule has 194 valence electrons. The first-order chi connectivity index (χ1) is 17.2. The van der Waals surface area contributed by atoms with Crippen LogP contribution in [0.1, 0.15) is 43.2 Å². The van der Waals surface area contributed by atoms with Gasteiger partial charge in [0.15, 0.2) is 5.82 Å². The summed E-state index contributed by atoms with van der Waals surface area (Å²) in [7, 11) is 0. The van der Waals surface area contributed by atoms with Crippen LogP contribution in [-0.4, -0.2) is 58.0 Å². The fraction of sp³-hybridized carbons (Fsp3) is 0.500. The van der Waals surface area contributed by atoms with E-state index in [9.17, 15) is 13.9 Å². The molecule has 4 rings (SSSR count). The Morgan fingerprint density at radius 1 is 1.25 bits per heavy atom. The van der Waals surface area contributed by atoms with E-state index in [1.54, 1.807) is 12.1 Å². The van der Waals surface area contributed by atoms with Gasteiger partial charge < -0.3 is 25.0 Å². The number of aliphatic hydroxyl groups excluding tert-OH is 1. The average Bonchev–Trinajstić information content (AvgIpc) is 3.37. The Bertz CT molecular complexity index is 1180. The van der Waals surface area contributed by atoms with Crippen molar-refractivity contribution in [3.8, 4) is 28.4 Å². The molecule has 2 heterocycles. The van der Waals surface area contributed by atoms with Crippen molar-refractivity contribution in [1.29, 1.82) is 0 Å². The van der Waals surface area contributed by atoms with Crippen LogP contribution in [0.4, 0.5) is 14.6 Å². The fourth-order valence-electron chi connectivity index (χ4n) is 4.40. The van der Waals surface area contributed by atoms with Crippen LogP contribution in [0.5, 0.6) is 5.75 Å². The van der Waals surface area contributed by atoms with Crippen molar-refractivity contribution >= 4 is 5.82 Å². The lowest BCUT2D eigenvalue weighted by molar-refractivity contribution is 0.00851. The van der Waals surface area contributed by atoms with Crippen LogP contribution in [0, 0.1) is 20.8 Å². The topological polar surface area (TPSA) is 105 Å². The molecule has 8 nitrogen and oxygen atoms in total. The number of anilines is 1. The molecule has 0 aliphatic heterocycles. The third-order valence-electron chi connectivity index (χ3n) is 6.33. The maximum atomic E-state index is 13.9. The van der Waals surface area contributed by atoms with Crippen LogP contribution in [0.2, 0.25) is 0 Å². The Hall–Kier alpha value is -3.11. The van der Waals surface area contributed by atoms with Crippen molar-refractivity contribution in [1.82, 2.24) is 20.4 Å². The van der Waals surface area contributed by atoms with Gasteiger partial charge in [0.05, 0.1) is 17.0 Å². The number of aliphatic hydroxyl groups is 1. The van der Waals surface area contributed by atoms with Crippen molar-refractivity contribution in [2.45, 2.75) is 65.0 Å². The summed E-state index contributed by atoms with van der Waals surface area (Å²) in [5.41, 5.74) is 3.51. The van der Waals surface area contributed by atoms with Gasteiger partial charge in [-0.15, -0.1) is 0 Å². The number of alkyl halides is 2. The summed E-state index contributed by atoms with van der Waals surface area (Å²) in [6, 6.07) is 6.90. The Labute approximate surface area is 209 Å². The SMILES string of the molecule is CCNCC(O)COc1cccc(-c2nc(NC3CCC(F)(F)C3)c(C)c(-c3c(C)noc3C)n2)c1. The zero-order valence-corrected chi connectivity index (χ0v) is 21.1. The first-order valence-electron chi connectivity index (χ1n) is 12.2. The number of hydrogen-bond acceptors (Lipinski definition) is 8. The molecule has 2 atom stereocenters. The number of likely N-dealkylation sites (N-methyl/N-ethyl adjacent to an activating group) is 1. The Morgan fingerprint density at radius 3 is 2.72 bits per heavy atom. The van der Waals surface area contributed by atoms with Crippen molar-refractivity contribution < 1.29 is 23.1 Å². The van der Waals surface area contributed by atoms with Crippen LogP contribution in [0.15, 0.2) is 28.8 Å². The molecule has 0 saturated heterocycles. The predicted octanol–water partition coefficient (Wildman–Crippen LogP) is 4.67. The lowest BCUT2D eigenvalue weighted by Crippen LogP contribution is -2.31. The molecule has 36 heavy (non-hydrogen) atoms. The molecule has 1 aliphatic rings. The van der Waals surface area contributed by atoms with E-state index in [0.29, 0.717) is 53.1 Å². The maximum Gasteiger partial charge on any atom is 0.250 e. The molecular weight excluding hydrogens is 468 g/mol. The monoisotopic (exact) mass is 501 g/mol. The lowest BCUT2D eigenvalue weighted by atomic mass is 10.0. The Kier molecular flexibility index (Phi) is 7.85. The third-order valence-corrected chi connectivity index (χ3v) is 6.33. The first kappa shape index (κ1) is 26.0. The highest BCUT2D eigenvalue weighted by Crippen LogP contribution is 2.38. The molecule has 3 N–H and O–H groups in total. The second-order valence-electron chi connectivity index (χ2n) is 9.31. The molecule has 1 aromatic carbocycles. The van der Waals surface area contributed by atoms with Crippen LogP contribution in [0.3, 0.4) is 0 Å². The van der Waals surface area contributed by atoms with Crippen molar-refractivity contribution in [2.24, 2.45) is 0 Å². The van der Waals surface area contributed by atoms with Gasteiger partial charge in [0, 0.05) is 36.6 Å². The van der Waals surface area contributed by atoms with E-state index in [2.05, 4.69) is 15.8 Å². The molecule has 0 amide bonds. The highest BCUT2D eigenvalue weighted by molar-refractivity contribution is 5.74. The third kappa shape index (κ3) is 5.99. The lowest BCUT2D eigenvalue weighted by Gasteiger charge is -2.18. The molecule has 0 spiro atoms. The van der Waals surface area contributed by atoms with Crippen molar-refractivity contribution in [3.63, 3.8) is 0 Å². The molecule has 1 saturated carbocycles. The number of hydrogen-bond donors (Lipinski definition) is 3. The summed E-state index contributed by atoms with van der Waals surface area (Å²) in [6.45, 7) is 8.83. The number of nitrogens with zero attached hydrogens (tertiary/aromatic N) is 3. The van der Waals surface area contributed by atoms with Crippen LogP contribution in [-0.2, 0) is 0 Å². The summed E-state index contributed by atoms with van der Waals surface area (Å²) in [6.07, 6.45) is -0.649. The highest BCUT2D eigenvalue weighted by Gasteiger charge is 2.39. The second kappa shape index (κ2) is 10.9. The van der Waals surface area contributed by atoms with Gasteiger partial charge in [0.2, 0.25) is 5.92 Å². The van der Waals surface area contributed by atoms with Gasteiger partial charge in [-0.25, -0.2) is 18.7 Å². The minimum absolute atomic E-state index is 0.137. The number of aryl methyl sites for hydroxylation is 2. The van der Waals surface area contributed by atoms with E-state index in [1.807, 2.05) is 39.8 Å². The summed E-state index contributed by atoms with van der Waals surface area (Å²) in [5.74, 6) is -0.567. The van der Waals surface area contributed by atoms with Gasteiger partial charge in [-0.05, 0) is 45.9 Å². The molecule has 1 fully saturated rings. The van der Waals surface area contributed by atoms with Gasteiger partial charge in [-0.2, -0.15) is 0 Å². The number of benzene rings is 1. The van der Waals surface area contributed by atoms with Gasteiger partial charge >= 0.3 is 0 Å². The largest absolute Gasteiger partial charge is 0.491 e. The smallest absolute Gasteiger partial charge is 0.250 e. The molecule has 1 aliphatic carbocycles. The van der Waals surface area contributed by atoms with E-state index >= 15 is 0 Å². The van der Waals surface area contributed by atoms with Gasteiger partial charge in [0.1, 0.15) is 30.0 Å². The van der Waals surface area contributed by atoms with Crippen molar-refractivity contribution in [3.05, 3.63) is 41.3 Å². The normalized spacial score (nSPS) is 17.8. The molecule has 0 radical (unpaired) electrons. The van der Waals surface area contributed by atoms with E-state index in [1.165, 1.54) is 0 Å². The predicted molar refractivity (Wildman–Crippen MR) is 133 cm³/mol. The standard InChI is InChI=1S/C26H33F2N5O3/c1-5-29-13-20(34)14-35-21-8-6-7-18(11-21)25-31-23(22-16(3)33-36-17(22)4)15(2)24(32-25)30-19-9-10-26(27,28)12-19/h6-8,11,19-20,29,34H,5,9-10,12-14H2,1-4H3,(H,30,31,32). The van der Waals surface area contributed by atoms with Gasteiger partial charge in [-0.1, -0.05) is 24.2 Å². The first-order valence-corrected chi connectivity index (χ1v) is 12.2. The fourth-order valence-corrected chi connectivity index (χ4v) is 4.40. The molecule has 10 heteroatoms. The zero-order valence-electron chi connectivity index (χ0n) is 21.1. The molecule has 3 aromatic rings. The van der Waals surface area contributed by atoms with Crippen LogP contribution < -0.4 is 15.4 Å². The molecule has 0 bridgehead atoms. The van der Waals surface area contributed by atoms with Crippen LogP contribution in [0.25, 0.3) is 22.6 Å². The van der Waals surface area contributed by atoms with E-state index in [4.69, 9.17) is 19.2 Å². The van der Waals surface area contributed by atoms with E-state index < -0.39 is 12.0 Å². The van der Waals surface area contributed by atoms with Crippen LogP contribution >= 0.6 is 0 Å². The molecular formula is C26H33F2N5O3. The summed E-state index contributed by atoms with van der Waals surface area (Å²) in [5, 5.41) is 20.4. The minimum Gasteiger partial charge on any atom is -0.491 e. The second-order valence-corrected chi connectivity index (χ2v) is 9.31. The number of nitrogens with one attached hydrogen (secondary N) is 2. The number of rotatable bonds is 10. The Morgan fingerprint density at radius 2 is 2.06 bits per heavy atom. The summed E-state index contributed by atoms with van der Waals surface area (Å²) < 4.78 is 38.9. The quantitative estimate of drug-likeness (QED) is 0.368. The summed E-state index contributed by atoms with van der Waals surface area (Å²) >= 11 is 0. The average molecular weight is 502 g/mol. The zero-order chi connectivity index (χ0) is 25.9. The summed E-state index contributed by atoms with van der Waals surface area (Å²) in [4.78, 5) is 9.56. The molecule has 2 aromatic heterocycles. The van der Waals surface area contributed by atoms with E-state index in [-0.39, 0.29) is 25.5 Å². The molecule has 2 unspecified atom stereocenters. The highest BCUT2D eigenvalue weighted by atomic mass is 19.3. The minimum atomic E-state index is -2.67. The Balaban J connectivity index is 1.68. The van der Waals surface area contributed by atoms with E-state index in [0.717, 1.165) is 17.7 Å². The maximum absolute atomic E-state index is 13.9. The number of ether oxygens (including phenoxy) is 1.